The molecule has 62 valence electrons. The van der Waals surface area contributed by atoms with Crippen molar-refractivity contribution in [2.45, 2.75) is 50.2 Å². The monoisotopic (exact) mass is 274 g/mol. The number of hydrogen-bond acceptors (Lipinski definition) is 0. The van der Waals surface area contributed by atoms with Gasteiger partial charge in [0.2, 0.25) is 0 Å². The maximum atomic E-state index is 3.37. The van der Waals surface area contributed by atoms with E-state index in [1.165, 1.54) is 36.3 Å². The first-order valence-corrected chi connectivity index (χ1v) is 10.9. The molecule has 0 aliphatic heterocycles. The Morgan fingerprint density at radius 2 is 1.40 bits per heavy atom. The van der Waals surface area contributed by atoms with Crippen molar-refractivity contribution in [3.05, 3.63) is 0 Å². The van der Waals surface area contributed by atoms with Crippen LogP contribution in [0.25, 0.3) is 0 Å². The van der Waals surface area contributed by atoms with E-state index < -0.39 is 0 Å². The third-order valence-corrected chi connectivity index (χ3v) is 8.21. The van der Waals surface area contributed by atoms with Crippen molar-refractivity contribution in [1.82, 2.24) is 0 Å². The fourth-order valence-electron chi connectivity index (χ4n) is 0.713. The molecule has 0 aliphatic rings. The molecule has 0 rings (SSSR count). The zero-order chi connectivity index (χ0) is 7.82. The van der Waals surface area contributed by atoms with E-state index in [2.05, 4.69) is 27.5 Å². The van der Waals surface area contributed by atoms with Crippen LogP contribution >= 0.6 is 0 Å². The summed E-state index contributed by atoms with van der Waals surface area (Å²) in [6.07, 6.45) is 5.63. The number of rotatable bonds is 6. The SMILES string of the molecule is CCCC[Se](=[Se])CCCC. The molecule has 0 spiro atoms. The molecular weight excluding hydrogens is 254 g/mol. The van der Waals surface area contributed by atoms with Crippen LogP contribution < -0.4 is 0 Å². The van der Waals surface area contributed by atoms with E-state index in [0.29, 0.717) is 0 Å². The molecule has 0 amide bonds. The molecule has 0 saturated carbocycles. The van der Waals surface area contributed by atoms with Crippen molar-refractivity contribution in [3.8, 4) is 0 Å². The molecule has 0 N–H and O–H groups in total. The topological polar surface area (TPSA) is 0 Å². The summed E-state index contributed by atoms with van der Waals surface area (Å²) >= 11 is 3.13. The summed E-state index contributed by atoms with van der Waals surface area (Å²) < 4.78 is 0. The molecule has 0 saturated heterocycles. The van der Waals surface area contributed by atoms with E-state index in [1.807, 2.05) is 0 Å². The van der Waals surface area contributed by atoms with Gasteiger partial charge in [-0.2, -0.15) is 0 Å². The van der Waals surface area contributed by atoms with Crippen LogP contribution in [0.4, 0.5) is 0 Å². The Morgan fingerprint density at radius 1 is 1.00 bits per heavy atom. The molecule has 0 aromatic carbocycles. The Labute approximate surface area is 75.3 Å². The normalized spacial score (nSPS) is 10.7. The molecule has 0 fully saturated rings. The minimum absolute atomic E-state index is 0.241. The van der Waals surface area contributed by atoms with E-state index in [4.69, 9.17) is 0 Å². The van der Waals surface area contributed by atoms with Gasteiger partial charge in [0, 0.05) is 0 Å². The van der Waals surface area contributed by atoms with Crippen LogP contribution in [0.1, 0.15) is 39.5 Å². The van der Waals surface area contributed by atoms with E-state index in [9.17, 15) is 0 Å². The first-order chi connectivity index (χ1) is 4.81. The van der Waals surface area contributed by atoms with E-state index in [-0.39, 0.29) is 11.5 Å². The molecule has 0 aromatic heterocycles. The van der Waals surface area contributed by atoms with Crippen molar-refractivity contribution < 1.29 is 0 Å². The predicted octanol–water partition coefficient (Wildman–Crippen LogP) is 2.75. The fraction of sp³-hybridized carbons (Fsp3) is 1.00. The average Bonchev–Trinajstić information content (AvgIpc) is 1.97. The van der Waals surface area contributed by atoms with Gasteiger partial charge >= 0.3 is 75.4 Å². The van der Waals surface area contributed by atoms with Crippen molar-refractivity contribution in [2.75, 3.05) is 0 Å². The summed E-state index contributed by atoms with van der Waals surface area (Å²) in [5, 5.41) is 3.02. The Balaban J connectivity index is 3.09. The Hall–Kier alpha value is 1.04. The molecular formula is C8H18Se2. The summed E-state index contributed by atoms with van der Waals surface area (Å²) in [6.45, 7) is 4.55. The Bertz CT molecular complexity index is 79.3. The number of hydrogen-bond donors (Lipinski definition) is 0. The maximum absolute atomic E-state index is 3.37. The standard InChI is InChI=1S/C8H18Se2/c1-3-5-7-10(9)8-6-4-2/h3-8H2,1-2H3. The van der Waals surface area contributed by atoms with Crippen LogP contribution in [-0.2, 0) is 0 Å². The van der Waals surface area contributed by atoms with Gasteiger partial charge in [0.25, 0.3) is 0 Å². The summed E-state index contributed by atoms with van der Waals surface area (Å²) in [5.41, 5.74) is 0. The van der Waals surface area contributed by atoms with Gasteiger partial charge in [-0.3, -0.25) is 0 Å². The van der Waals surface area contributed by atoms with Crippen molar-refractivity contribution in [3.63, 3.8) is 0 Å². The van der Waals surface area contributed by atoms with Crippen molar-refractivity contribution in [2.24, 2.45) is 0 Å². The molecule has 0 radical (unpaired) electrons. The average molecular weight is 272 g/mol. The Kier molecular flexibility index (Phi) is 8.98. The fourth-order valence-corrected chi connectivity index (χ4v) is 6.27. The van der Waals surface area contributed by atoms with Gasteiger partial charge in [-0.25, -0.2) is 0 Å². The van der Waals surface area contributed by atoms with Crippen LogP contribution in [0.5, 0.6) is 0 Å². The van der Waals surface area contributed by atoms with Gasteiger partial charge in [0.05, 0.1) is 0 Å². The molecule has 0 unspecified atom stereocenters. The van der Waals surface area contributed by atoms with E-state index in [0.717, 1.165) is 0 Å². The van der Waals surface area contributed by atoms with Gasteiger partial charge in [0.1, 0.15) is 0 Å². The van der Waals surface area contributed by atoms with Crippen LogP contribution in [0.15, 0.2) is 0 Å². The van der Waals surface area contributed by atoms with E-state index in [1.54, 1.807) is 0 Å². The second kappa shape index (κ2) is 8.14. The minimum atomic E-state index is -0.241. The van der Waals surface area contributed by atoms with Crippen LogP contribution in [-0.4, -0.2) is 25.2 Å². The van der Waals surface area contributed by atoms with Crippen LogP contribution in [0.2, 0.25) is 10.6 Å². The van der Waals surface area contributed by atoms with Gasteiger partial charge in [0.15, 0.2) is 0 Å². The van der Waals surface area contributed by atoms with Crippen LogP contribution in [0.3, 0.4) is 0 Å². The molecule has 0 nitrogen and oxygen atoms in total. The van der Waals surface area contributed by atoms with Crippen molar-refractivity contribution in [1.29, 1.82) is 0 Å². The van der Waals surface area contributed by atoms with Gasteiger partial charge in [-0.15, -0.1) is 0 Å². The molecule has 0 atom stereocenters. The molecule has 0 aromatic rings. The first-order valence-electron chi connectivity index (χ1n) is 4.16. The third-order valence-electron chi connectivity index (χ3n) is 1.45. The van der Waals surface area contributed by atoms with Crippen molar-refractivity contribution >= 4 is 25.2 Å². The molecule has 10 heavy (non-hydrogen) atoms. The first kappa shape index (κ1) is 11.0. The third kappa shape index (κ3) is 7.15. The summed E-state index contributed by atoms with van der Waals surface area (Å²) in [4.78, 5) is 0. The van der Waals surface area contributed by atoms with Gasteiger partial charge in [-0.05, 0) is 0 Å². The number of unbranched alkanes of at least 4 members (excludes halogenated alkanes) is 2. The molecule has 2 heteroatoms. The predicted molar refractivity (Wildman–Crippen MR) is 50.9 cm³/mol. The van der Waals surface area contributed by atoms with E-state index >= 15 is 0 Å². The zero-order valence-electron chi connectivity index (χ0n) is 7.06. The van der Waals surface area contributed by atoms with Crippen LogP contribution in [0, 0.1) is 0 Å². The second-order valence-corrected chi connectivity index (χ2v) is 11.3. The summed E-state index contributed by atoms with van der Waals surface area (Å²) in [7, 11) is 0. The molecule has 0 bridgehead atoms. The molecule has 0 heterocycles. The van der Waals surface area contributed by atoms with Gasteiger partial charge < -0.3 is 0 Å². The second-order valence-electron chi connectivity index (χ2n) is 2.56. The molecule has 0 aliphatic carbocycles. The zero-order valence-corrected chi connectivity index (χ0v) is 10.5. The van der Waals surface area contributed by atoms with Gasteiger partial charge in [-0.1, -0.05) is 0 Å². The quantitative estimate of drug-likeness (QED) is 0.652. The summed E-state index contributed by atoms with van der Waals surface area (Å²) in [6, 6.07) is 0. The summed E-state index contributed by atoms with van der Waals surface area (Å²) in [5.74, 6) is 0. The Morgan fingerprint density at radius 3 is 1.70 bits per heavy atom.